The molecule has 0 radical (unpaired) electrons. The summed E-state index contributed by atoms with van der Waals surface area (Å²) in [7, 11) is 1.25. The fraction of sp³-hybridized carbons (Fsp3) is 0.273. The summed E-state index contributed by atoms with van der Waals surface area (Å²) in [6.45, 7) is 1.93. The molecule has 0 bridgehead atoms. The number of carbonyl (C=O) groups is 2. The quantitative estimate of drug-likeness (QED) is 0.603. The lowest BCUT2D eigenvalue weighted by atomic mass is 10.2. The van der Waals surface area contributed by atoms with E-state index in [0.29, 0.717) is 5.69 Å². The Hall–Kier alpha value is -1.84. The van der Waals surface area contributed by atoms with E-state index in [-0.39, 0.29) is 12.3 Å². The largest absolute Gasteiger partial charge is 0.469 e. The van der Waals surface area contributed by atoms with Crippen molar-refractivity contribution in [2.45, 2.75) is 13.3 Å². The van der Waals surface area contributed by atoms with Crippen LogP contribution in [0.5, 0.6) is 0 Å². The summed E-state index contributed by atoms with van der Waals surface area (Å²) in [5.74, 6) is -0.910. The number of esters is 1. The van der Waals surface area contributed by atoms with Crippen molar-refractivity contribution < 1.29 is 14.3 Å². The van der Waals surface area contributed by atoms with Crippen LogP contribution in [0, 0.1) is 6.92 Å². The number of hydrogen-bond acceptors (Lipinski definition) is 3. The van der Waals surface area contributed by atoms with E-state index >= 15 is 0 Å². The van der Waals surface area contributed by atoms with Gasteiger partial charge in [0, 0.05) is 5.69 Å². The van der Waals surface area contributed by atoms with Crippen molar-refractivity contribution in [1.82, 2.24) is 0 Å². The topological polar surface area (TPSA) is 55.4 Å². The van der Waals surface area contributed by atoms with Crippen LogP contribution in [-0.2, 0) is 14.3 Å². The minimum atomic E-state index is -0.542. The number of nitrogens with one attached hydrogen (secondary N) is 1. The molecule has 1 aromatic rings. The van der Waals surface area contributed by atoms with Crippen molar-refractivity contribution >= 4 is 17.6 Å². The van der Waals surface area contributed by atoms with Gasteiger partial charge in [-0.3, -0.25) is 9.59 Å². The zero-order valence-corrected chi connectivity index (χ0v) is 8.74. The van der Waals surface area contributed by atoms with Gasteiger partial charge in [0.15, 0.2) is 0 Å². The van der Waals surface area contributed by atoms with Gasteiger partial charge >= 0.3 is 5.97 Å². The molecule has 80 valence electrons. The van der Waals surface area contributed by atoms with E-state index in [1.807, 2.05) is 25.1 Å². The molecule has 1 aromatic carbocycles. The highest BCUT2D eigenvalue weighted by molar-refractivity contribution is 6.01. The standard InChI is InChI=1S/C11H13NO3/c1-8-4-3-5-9(6-8)12-10(13)7-11(14)15-2/h3-6H,7H2,1-2H3,(H,12,13). The number of rotatable bonds is 3. The Morgan fingerprint density at radius 3 is 2.73 bits per heavy atom. The number of carbonyl (C=O) groups excluding carboxylic acids is 2. The summed E-state index contributed by atoms with van der Waals surface area (Å²) in [5.41, 5.74) is 1.73. The van der Waals surface area contributed by atoms with Crippen molar-refractivity contribution in [3.8, 4) is 0 Å². The molecule has 0 spiro atoms. The van der Waals surface area contributed by atoms with Gasteiger partial charge in [0.2, 0.25) is 5.91 Å². The van der Waals surface area contributed by atoms with Crippen LogP contribution in [0.25, 0.3) is 0 Å². The molecular formula is C11H13NO3. The van der Waals surface area contributed by atoms with Crippen molar-refractivity contribution in [3.63, 3.8) is 0 Å². The molecule has 0 saturated carbocycles. The van der Waals surface area contributed by atoms with E-state index in [1.54, 1.807) is 6.07 Å². The molecule has 15 heavy (non-hydrogen) atoms. The second kappa shape index (κ2) is 5.14. The Balaban J connectivity index is 2.55. The van der Waals surface area contributed by atoms with E-state index in [4.69, 9.17) is 0 Å². The number of anilines is 1. The SMILES string of the molecule is COC(=O)CC(=O)Nc1cccc(C)c1. The number of ether oxygens (including phenoxy) is 1. The van der Waals surface area contributed by atoms with Gasteiger partial charge in [0.25, 0.3) is 0 Å². The Kier molecular flexibility index (Phi) is 3.85. The van der Waals surface area contributed by atoms with Gasteiger partial charge in [0.05, 0.1) is 7.11 Å². The number of hydrogen-bond donors (Lipinski definition) is 1. The molecule has 0 aliphatic heterocycles. The van der Waals surface area contributed by atoms with E-state index < -0.39 is 5.97 Å². The van der Waals surface area contributed by atoms with Crippen LogP contribution in [0.4, 0.5) is 5.69 Å². The molecule has 0 aliphatic rings. The third-order valence-electron chi connectivity index (χ3n) is 1.83. The van der Waals surface area contributed by atoms with Gasteiger partial charge in [0.1, 0.15) is 6.42 Å². The van der Waals surface area contributed by atoms with Crippen molar-refractivity contribution in [2.75, 3.05) is 12.4 Å². The minimum Gasteiger partial charge on any atom is -0.469 e. The molecule has 4 heteroatoms. The van der Waals surface area contributed by atoms with E-state index in [0.717, 1.165) is 5.56 Å². The fourth-order valence-electron chi connectivity index (χ4n) is 1.13. The van der Waals surface area contributed by atoms with Crippen LogP contribution >= 0.6 is 0 Å². The molecule has 0 atom stereocenters. The lowest BCUT2D eigenvalue weighted by Gasteiger charge is -2.04. The van der Waals surface area contributed by atoms with Gasteiger partial charge in [-0.1, -0.05) is 12.1 Å². The van der Waals surface area contributed by atoms with Crippen molar-refractivity contribution in [1.29, 1.82) is 0 Å². The molecule has 0 heterocycles. The summed E-state index contributed by atoms with van der Waals surface area (Å²) < 4.78 is 4.38. The molecule has 0 unspecified atom stereocenters. The second-order valence-electron chi connectivity index (χ2n) is 3.17. The zero-order chi connectivity index (χ0) is 11.3. The first-order valence-electron chi connectivity index (χ1n) is 4.55. The van der Waals surface area contributed by atoms with E-state index in [9.17, 15) is 9.59 Å². The molecule has 1 N–H and O–H groups in total. The van der Waals surface area contributed by atoms with Gasteiger partial charge in [-0.2, -0.15) is 0 Å². The third-order valence-corrected chi connectivity index (χ3v) is 1.83. The molecule has 1 rings (SSSR count). The van der Waals surface area contributed by atoms with Gasteiger partial charge in [-0.15, -0.1) is 0 Å². The average molecular weight is 207 g/mol. The van der Waals surface area contributed by atoms with Crippen LogP contribution in [0.1, 0.15) is 12.0 Å². The first-order valence-corrected chi connectivity index (χ1v) is 4.55. The van der Waals surface area contributed by atoms with Crippen molar-refractivity contribution in [2.24, 2.45) is 0 Å². The summed E-state index contributed by atoms with van der Waals surface area (Å²) in [6, 6.07) is 7.36. The lowest BCUT2D eigenvalue weighted by molar-refractivity contribution is -0.142. The molecule has 1 amide bonds. The predicted molar refractivity (Wildman–Crippen MR) is 56.4 cm³/mol. The molecule has 0 saturated heterocycles. The highest BCUT2D eigenvalue weighted by Gasteiger charge is 2.08. The maximum Gasteiger partial charge on any atom is 0.315 e. The van der Waals surface area contributed by atoms with Gasteiger partial charge < -0.3 is 10.1 Å². The Morgan fingerprint density at radius 2 is 2.13 bits per heavy atom. The summed E-state index contributed by atoms with van der Waals surface area (Å²) in [6.07, 6.45) is -0.259. The second-order valence-corrected chi connectivity index (χ2v) is 3.17. The van der Waals surface area contributed by atoms with E-state index in [2.05, 4.69) is 10.1 Å². The summed E-state index contributed by atoms with van der Waals surface area (Å²) in [4.78, 5) is 22.1. The molecule has 0 fully saturated rings. The maximum absolute atomic E-state index is 11.3. The average Bonchev–Trinajstić information content (AvgIpc) is 2.17. The van der Waals surface area contributed by atoms with Crippen LogP contribution in [0.2, 0.25) is 0 Å². The molecule has 0 aliphatic carbocycles. The smallest absolute Gasteiger partial charge is 0.315 e. The van der Waals surface area contributed by atoms with Gasteiger partial charge in [-0.25, -0.2) is 0 Å². The van der Waals surface area contributed by atoms with Crippen molar-refractivity contribution in [3.05, 3.63) is 29.8 Å². The van der Waals surface area contributed by atoms with Gasteiger partial charge in [-0.05, 0) is 24.6 Å². The van der Waals surface area contributed by atoms with Crippen LogP contribution in [-0.4, -0.2) is 19.0 Å². The Morgan fingerprint density at radius 1 is 1.40 bits per heavy atom. The van der Waals surface area contributed by atoms with Crippen LogP contribution < -0.4 is 5.32 Å². The first-order chi connectivity index (χ1) is 7.11. The first kappa shape index (κ1) is 11.2. The van der Waals surface area contributed by atoms with E-state index in [1.165, 1.54) is 7.11 Å². The normalized spacial score (nSPS) is 9.47. The Labute approximate surface area is 88.2 Å². The summed E-state index contributed by atoms with van der Waals surface area (Å²) >= 11 is 0. The third kappa shape index (κ3) is 3.81. The summed E-state index contributed by atoms with van der Waals surface area (Å²) in [5, 5.41) is 2.61. The number of amides is 1. The lowest BCUT2D eigenvalue weighted by Crippen LogP contribution is -2.17. The number of methoxy groups -OCH3 is 1. The maximum atomic E-state index is 11.3. The molecular weight excluding hydrogens is 194 g/mol. The number of aryl methyl sites for hydroxylation is 1. The molecule has 4 nitrogen and oxygen atoms in total. The highest BCUT2D eigenvalue weighted by atomic mass is 16.5. The predicted octanol–water partition coefficient (Wildman–Crippen LogP) is 1.50. The molecule has 0 aromatic heterocycles. The number of benzene rings is 1. The highest BCUT2D eigenvalue weighted by Crippen LogP contribution is 2.09. The van der Waals surface area contributed by atoms with Crippen LogP contribution in [0.15, 0.2) is 24.3 Å². The fourth-order valence-corrected chi connectivity index (χ4v) is 1.13. The zero-order valence-electron chi connectivity index (χ0n) is 8.74. The minimum absolute atomic E-state index is 0.259. The monoisotopic (exact) mass is 207 g/mol. The Bertz CT molecular complexity index is 374. The van der Waals surface area contributed by atoms with Crippen LogP contribution in [0.3, 0.4) is 0 Å².